The normalized spacial score (nSPS) is 11.4. The van der Waals surface area contributed by atoms with Crippen LogP contribution < -0.4 is 10.5 Å². The van der Waals surface area contributed by atoms with Gasteiger partial charge in [0.25, 0.3) is 5.56 Å². The van der Waals surface area contributed by atoms with Gasteiger partial charge in [0, 0.05) is 29.1 Å². The summed E-state index contributed by atoms with van der Waals surface area (Å²) < 4.78 is 23.4. The summed E-state index contributed by atoms with van der Waals surface area (Å²) in [6.45, 7) is 3.99. The largest absolute Gasteiger partial charge is 0.284 e. The molecule has 0 aliphatic rings. The van der Waals surface area contributed by atoms with E-state index >= 15 is 0 Å². The SMILES string of the molecule is C=CCN(C(=O)Cc1n[nH]c(=O)c2ccccc12)c1nc(-c2ccc(S(C)(=O)=O)cc2)cs1. The number of aromatic amines is 1. The van der Waals surface area contributed by atoms with E-state index in [9.17, 15) is 18.0 Å². The van der Waals surface area contributed by atoms with Crippen LogP contribution in [0.5, 0.6) is 0 Å². The Kier molecular flexibility index (Phi) is 6.21. The van der Waals surface area contributed by atoms with Crippen molar-refractivity contribution in [1.82, 2.24) is 15.2 Å². The second-order valence-electron chi connectivity index (χ2n) is 7.33. The first-order valence-electron chi connectivity index (χ1n) is 9.91. The number of hydrogen-bond acceptors (Lipinski definition) is 7. The number of aromatic nitrogens is 3. The lowest BCUT2D eigenvalue weighted by Gasteiger charge is -2.18. The first kappa shape index (κ1) is 22.6. The number of carbonyl (C=O) groups is 1. The number of H-pyrrole nitrogens is 1. The average molecular weight is 481 g/mol. The maximum absolute atomic E-state index is 13.2. The Morgan fingerprint density at radius 2 is 1.85 bits per heavy atom. The summed E-state index contributed by atoms with van der Waals surface area (Å²) in [5.74, 6) is -0.243. The number of hydrogen-bond donors (Lipinski definition) is 1. The second-order valence-corrected chi connectivity index (χ2v) is 10.2. The zero-order valence-corrected chi connectivity index (χ0v) is 19.3. The highest BCUT2D eigenvalue weighted by Gasteiger charge is 2.21. The molecular weight excluding hydrogens is 460 g/mol. The van der Waals surface area contributed by atoms with Crippen molar-refractivity contribution in [2.45, 2.75) is 11.3 Å². The minimum absolute atomic E-state index is 0.0247. The number of thiazole rings is 1. The van der Waals surface area contributed by atoms with E-state index in [0.717, 1.165) is 11.8 Å². The highest BCUT2D eigenvalue weighted by molar-refractivity contribution is 7.90. The predicted molar refractivity (Wildman–Crippen MR) is 129 cm³/mol. The van der Waals surface area contributed by atoms with Crippen molar-refractivity contribution < 1.29 is 13.2 Å². The fourth-order valence-electron chi connectivity index (χ4n) is 3.35. The monoisotopic (exact) mass is 480 g/mol. The van der Waals surface area contributed by atoms with Crippen LogP contribution in [0.2, 0.25) is 0 Å². The first-order valence-corrected chi connectivity index (χ1v) is 12.7. The van der Waals surface area contributed by atoms with E-state index in [2.05, 4.69) is 21.8 Å². The van der Waals surface area contributed by atoms with Crippen LogP contribution in [0, 0.1) is 0 Å². The molecule has 8 nitrogen and oxygen atoms in total. The summed E-state index contributed by atoms with van der Waals surface area (Å²) in [5.41, 5.74) is 1.53. The summed E-state index contributed by atoms with van der Waals surface area (Å²) in [4.78, 5) is 31.5. The van der Waals surface area contributed by atoms with Crippen LogP contribution in [0.25, 0.3) is 22.0 Å². The van der Waals surface area contributed by atoms with Crippen LogP contribution in [0.1, 0.15) is 5.69 Å². The third kappa shape index (κ3) is 4.76. The summed E-state index contributed by atoms with van der Waals surface area (Å²) in [6, 6.07) is 13.4. The third-order valence-corrected chi connectivity index (χ3v) is 7.00. The van der Waals surface area contributed by atoms with Crippen molar-refractivity contribution in [2.24, 2.45) is 0 Å². The average Bonchev–Trinajstić information content (AvgIpc) is 3.29. The topological polar surface area (TPSA) is 113 Å². The number of rotatable bonds is 7. The predicted octanol–water partition coefficient (Wildman–Crippen LogP) is 3.21. The van der Waals surface area contributed by atoms with E-state index in [-0.39, 0.29) is 29.3 Å². The molecule has 33 heavy (non-hydrogen) atoms. The molecule has 0 atom stereocenters. The third-order valence-electron chi connectivity index (χ3n) is 5.01. The molecule has 4 rings (SSSR count). The van der Waals surface area contributed by atoms with Gasteiger partial charge in [0.05, 0.1) is 28.1 Å². The van der Waals surface area contributed by atoms with Crippen LogP contribution in [0.3, 0.4) is 0 Å². The number of amides is 1. The van der Waals surface area contributed by atoms with Crippen molar-refractivity contribution >= 4 is 43.0 Å². The fraction of sp³-hybridized carbons (Fsp3) is 0.130. The molecule has 10 heteroatoms. The smallest absolute Gasteiger partial charge is 0.272 e. The molecule has 0 bridgehead atoms. The van der Waals surface area contributed by atoms with E-state index in [1.165, 1.54) is 28.4 Å². The van der Waals surface area contributed by atoms with Gasteiger partial charge in [-0.3, -0.25) is 14.5 Å². The lowest BCUT2D eigenvalue weighted by Crippen LogP contribution is -2.33. The van der Waals surface area contributed by atoms with Gasteiger partial charge in [-0.25, -0.2) is 18.5 Å². The van der Waals surface area contributed by atoms with Gasteiger partial charge in [0.2, 0.25) is 5.91 Å². The highest BCUT2D eigenvalue weighted by Crippen LogP contribution is 2.29. The molecule has 0 radical (unpaired) electrons. The fourth-order valence-corrected chi connectivity index (χ4v) is 4.85. The van der Waals surface area contributed by atoms with E-state index in [1.807, 2.05) is 5.38 Å². The molecule has 2 aromatic carbocycles. The quantitative estimate of drug-likeness (QED) is 0.407. The first-order chi connectivity index (χ1) is 15.8. The molecule has 0 spiro atoms. The van der Waals surface area contributed by atoms with Gasteiger partial charge in [-0.15, -0.1) is 17.9 Å². The molecule has 0 aliphatic carbocycles. The van der Waals surface area contributed by atoms with E-state index in [0.29, 0.717) is 27.3 Å². The molecule has 4 aromatic rings. The molecule has 0 unspecified atom stereocenters. The summed E-state index contributed by atoms with van der Waals surface area (Å²) in [5, 5.41) is 9.92. The van der Waals surface area contributed by atoms with Crippen LogP contribution in [0.15, 0.2) is 76.3 Å². The summed E-state index contributed by atoms with van der Waals surface area (Å²) >= 11 is 1.30. The molecule has 2 heterocycles. The van der Waals surface area contributed by atoms with Crippen LogP contribution in [-0.2, 0) is 21.1 Å². The van der Waals surface area contributed by atoms with Gasteiger partial charge in [-0.2, -0.15) is 5.10 Å². The van der Waals surface area contributed by atoms with Gasteiger partial charge < -0.3 is 0 Å². The summed E-state index contributed by atoms with van der Waals surface area (Å²) in [7, 11) is -3.29. The molecule has 0 saturated heterocycles. The van der Waals surface area contributed by atoms with Gasteiger partial charge in [-0.05, 0) is 18.2 Å². The van der Waals surface area contributed by atoms with Crippen molar-refractivity contribution in [3.05, 3.63) is 82.6 Å². The molecule has 0 fully saturated rings. The van der Waals surface area contributed by atoms with Gasteiger partial charge in [0.1, 0.15) is 0 Å². The van der Waals surface area contributed by atoms with E-state index in [4.69, 9.17) is 0 Å². The molecule has 1 N–H and O–H groups in total. The number of fused-ring (bicyclic) bond motifs is 1. The minimum atomic E-state index is -3.29. The number of anilines is 1. The molecule has 0 saturated carbocycles. The number of sulfone groups is 1. The second kappa shape index (κ2) is 9.08. The van der Waals surface area contributed by atoms with Crippen molar-refractivity contribution in [3.8, 4) is 11.3 Å². The molecule has 1 amide bonds. The maximum atomic E-state index is 13.2. The van der Waals surface area contributed by atoms with Gasteiger partial charge in [-0.1, -0.05) is 36.4 Å². The van der Waals surface area contributed by atoms with Crippen molar-refractivity contribution in [2.75, 3.05) is 17.7 Å². The van der Waals surface area contributed by atoms with Crippen LogP contribution in [-0.4, -0.2) is 42.3 Å². The highest BCUT2D eigenvalue weighted by atomic mass is 32.2. The zero-order valence-electron chi connectivity index (χ0n) is 17.7. The lowest BCUT2D eigenvalue weighted by molar-refractivity contribution is -0.117. The Morgan fingerprint density at radius 3 is 2.52 bits per heavy atom. The Hall–Kier alpha value is -3.63. The van der Waals surface area contributed by atoms with E-state index in [1.54, 1.807) is 42.5 Å². The number of benzene rings is 2. The lowest BCUT2D eigenvalue weighted by atomic mass is 10.1. The van der Waals surface area contributed by atoms with E-state index < -0.39 is 9.84 Å². The van der Waals surface area contributed by atoms with Gasteiger partial charge in [0.15, 0.2) is 15.0 Å². The Bertz CT molecular complexity index is 1510. The van der Waals surface area contributed by atoms with Crippen LogP contribution >= 0.6 is 11.3 Å². The van der Waals surface area contributed by atoms with Gasteiger partial charge >= 0.3 is 0 Å². The molecule has 0 aliphatic heterocycles. The number of nitrogens with zero attached hydrogens (tertiary/aromatic N) is 3. The molecular formula is C23H20N4O4S2. The minimum Gasteiger partial charge on any atom is -0.284 e. The summed E-state index contributed by atoms with van der Waals surface area (Å²) in [6.07, 6.45) is 2.74. The van der Waals surface area contributed by atoms with Crippen LogP contribution in [0.4, 0.5) is 5.13 Å². The molecule has 168 valence electrons. The number of nitrogens with one attached hydrogen (secondary N) is 1. The Balaban J connectivity index is 1.61. The Morgan fingerprint density at radius 1 is 1.15 bits per heavy atom. The Labute approximate surface area is 194 Å². The standard InChI is InChI=1S/C23H20N4O4S2/c1-3-12-27(21(28)13-19-17-6-4-5-7-18(17)22(29)26-25-19)23-24-20(14-32-23)15-8-10-16(11-9-15)33(2,30)31/h3-11,14H,1,12-13H2,2H3,(H,26,29). The molecule has 2 aromatic heterocycles. The zero-order chi connectivity index (χ0) is 23.6. The van der Waals surface area contributed by atoms with Crippen molar-refractivity contribution in [3.63, 3.8) is 0 Å². The van der Waals surface area contributed by atoms with Crippen molar-refractivity contribution in [1.29, 1.82) is 0 Å². The number of carbonyl (C=O) groups excluding carboxylic acids is 1. The maximum Gasteiger partial charge on any atom is 0.272 e.